The fourth-order valence-electron chi connectivity index (χ4n) is 2.20. The zero-order chi connectivity index (χ0) is 15.2. The third-order valence-electron chi connectivity index (χ3n) is 3.18. The van der Waals surface area contributed by atoms with Crippen LogP contribution in [-0.4, -0.2) is 16.8 Å². The fraction of sp³-hybridized carbons (Fsp3) is 0.294. The van der Waals surface area contributed by atoms with Gasteiger partial charge >= 0.3 is 0 Å². The van der Waals surface area contributed by atoms with Crippen LogP contribution in [0.3, 0.4) is 0 Å². The summed E-state index contributed by atoms with van der Waals surface area (Å²) >= 11 is 0. The lowest BCUT2D eigenvalue weighted by molar-refractivity contribution is 0.317. The summed E-state index contributed by atoms with van der Waals surface area (Å²) in [7, 11) is 0. The quantitative estimate of drug-likeness (QED) is 0.749. The monoisotopic (exact) mass is 287 g/mol. The second-order valence-corrected chi connectivity index (χ2v) is 4.95. The van der Waals surface area contributed by atoms with Crippen molar-refractivity contribution < 1.29 is 14.9 Å². The minimum absolute atomic E-state index is 0.0772. The number of anilines is 1. The lowest BCUT2D eigenvalue weighted by Crippen LogP contribution is -2.07. The highest BCUT2D eigenvalue weighted by Crippen LogP contribution is 2.34. The van der Waals surface area contributed by atoms with E-state index < -0.39 is 0 Å². The van der Waals surface area contributed by atoms with Gasteiger partial charge in [0.25, 0.3) is 0 Å². The van der Waals surface area contributed by atoms with Crippen molar-refractivity contribution in [2.45, 2.75) is 26.3 Å². The van der Waals surface area contributed by atoms with E-state index in [1.807, 2.05) is 31.2 Å². The number of hydrogen-bond acceptors (Lipinski definition) is 4. The Balaban J connectivity index is 2.14. The molecule has 0 spiro atoms. The zero-order valence-electron chi connectivity index (χ0n) is 12.3. The van der Waals surface area contributed by atoms with Crippen LogP contribution in [-0.2, 0) is 0 Å². The summed E-state index contributed by atoms with van der Waals surface area (Å²) in [4.78, 5) is 0. The van der Waals surface area contributed by atoms with Crippen LogP contribution in [0.4, 0.5) is 5.69 Å². The summed E-state index contributed by atoms with van der Waals surface area (Å²) in [5, 5.41) is 23.0. The highest BCUT2D eigenvalue weighted by Gasteiger charge is 2.14. The van der Waals surface area contributed by atoms with Crippen molar-refractivity contribution in [2.75, 3.05) is 11.9 Å². The normalized spacial score (nSPS) is 11.9. The summed E-state index contributed by atoms with van der Waals surface area (Å²) in [5.41, 5.74) is 1.36. The number of ether oxygens (including phenoxy) is 1. The molecule has 0 bridgehead atoms. The Hall–Kier alpha value is -2.36. The van der Waals surface area contributed by atoms with E-state index in [1.165, 1.54) is 0 Å². The van der Waals surface area contributed by atoms with E-state index in [4.69, 9.17) is 4.74 Å². The third kappa shape index (κ3) is 3.81. The molecule has 0 aliphatic heterocycles. The van der Waals surface area contributed by atoms with Crippen molar-refractivity contribution in [3.8, 4) is 17.2 Å². The zero-order valence-corrected chi connectivity index (χ0v) is 12.3. The van der Waals surface area contributed by atoms with Gasteiger partial charge in [0.05, 0.1) is 18.2 Å². The number of aromatic hydroxyl groups is 2. The Labute approximate surface area is 125 Å². The van der Waals surface area contributed by atoms with Crippen LogP contribution in [0.2, 0.25) is 0 Å². The second-order valence-electron chi connectivity index (χ2n) is 4.95. The van der Waals surface area contributed by atoms with E-state index in [-0.39, 0.29) is 17.5 Å². The van der Waals surface area contributed by atoms with Crippen molar-refractivity contribution in [1.29, 1.82) is 0 Å². The number of hydrogen-bond donors (Lipinski definition) is 3. The Morgan fingerprint density at radius 3 is 2.43 bits per heavy atom. The maximum Gasteiger partial charge on any atom is 0.124 e. The van der Waals surface area contributed by atoms with Gasteiger partial charge in [0.15, 0.2) is 0 Å². The molecule has 4 heteroatoms. The maximum atomic E-state index is 9.89. The van der Waals surface area contributed by atoms with Gasteiger partial charge in [0, 0.05) is 11.8 Å². The van der Waals surface area contributed by atoms with Crippen molar-refractivity contribution >= 4 is 5.69 Å². The van der Waals surface area contributed by atoms with Gasteiger partial charge in [-0.05, 0) is 37.6 Å². The molecule has 0 aliphatic carbocycles. The van der Waals surface area contributed by atoms with E-state index in [0.29, 0.717) is 12.2 Å². The van der Waals surface area contributed by atoms with Gasteiger partial charge in [-0.25, -0.2) is 0 Å². The van der Waals surface area contributed by atoms with E-state index in [0.717, 1.165) is 17.9 Å². The number of phenolic OH excluding ortho intramolecular Hbond substituents is 2. The van der Waals surface area contributed by atoms with Crippen LogP contribution < -0.4 is 10.1 Å². The van der Waals surface area contributed by atoms with Gasteiger partial charge in [-0.2, -0.15) is 0 Å². The first-order valence-corrected chi connectivity index (χ1v) is 7.12. The standard InChI is InChI=1S/C17H21NO3/c1-3-10-21-14-7-4-6-13(11-14)18-12(2)17-15(19)8-5-9-16(17)20/h4-9,11-12,18-20H,3,10H2,1-2H3. The number of benzene rings is 2. The molecule has 0 radical (unpaired) electrons. The van der Waals surface area contributed by atoms with Crippen LogP contribution in [0.25, 0.3) is 0 Å². The van der Waals surface area contributed by atoms with Gasteiger partial charge in [-0.15, -0.1) is 0 Å². The number of nitrogens with one attached hydrogen (secondary N) is 1. The molecule has 0 aromatic heterocycles. The van der Waals surface area contributed by atoms with Gasteiger partial charge in [-0.1, -0.05) is 19.1 Å². The first-order chi connectivity index (χ1) is 10.1. The maximum absolute atomic E-state index is 9.89. The average Bonchev–Trinajstić information content (AvgIpc) is 2.45. The third-order valence-corrected chi connectivity index (χ3v) is 3.18. The van der Waals surface area contributed by atoms with Crippen LogP contribution >= 0.6 is 0 Å². The molecule has 0 saturated carbocycles. The summed E-state index contributed by atoms with van der Waals surface area (Å²) in [6, 6.07) is 12.2. The van der Waals surface area contributed by atoms with E-state index in [1.54, 1.807) is 18.2 Å². The van der Waals surface area contributed by atoms with E-state index in [2.05, 4.69) is 12.2 Å². The van der Waals surface area contributed by atoms with E-state index >= 15 is 0 Å². The molecule has 1 unspecified atom stereocenters. The molecule has 2 rings (SSSR count). The molecule has 4 nitrogen and oxygen atoms in total. The lowest BCUT2D eigenvalue weighted by atomic mass is 10.1. The predicted molar refractivity (Wildman–Crippen MR) is 84.0 cm³/mol. The van der Waals surface area contributed by atoms with Crippen molar-refractivity contribution in [1.82, 2.24) is 0 Å². The number of phenols is 2. The summed E-state index contributed by atoms with van der Waals surface area (Å²) in [6.07, 6.45) is 0.958. The van der Waals surface area contributed by atoms with Gasteiger partial charge in [0.1, 0.15) is 17.2 Å². The first kappa shape index (κ1) is 15.0. The Bertz CT molecular complexity index is 578. The van der Waals surface area contributed by atoms with Gasteiger partial charge < -0.3 is 20.3 Å². The molecule has 0 saturated heterocycles. The SMILES string of the molecule is CCCOc1cccc(NC(C)c2c(O)cccc2O)c1. The summed E-state index contributed by atoms with van der Waals surface area (Å²) in [5.74, 6) is 0.956. The molecule has 3 N–H and O–H groups in total. The molecule has 0 aliphatic rings. The van der Waals surface area contributed by atoms with Crippen LogP contribution in [0.1, 0.15) is 31.9 Å². The molecule has 0 heterocycles. The van der Waals surface area contributed by atoms with Gasteiger partial charge in [0.2, 0.25) is 0 Å². The molecule has 0 fully saturated rings. The smallest absolute Gasteiger partial charge is 0.124 e. The second kappa shape index (κ2) is 6.88. The molecule has 21 heavy (non-hydrogen) atoms. The van der Waals surface area contributed by atoms with Crippen molar-refractivity contribution in [3.05, 3.63) is 48.0 Å². The number of rotatable bonds is 6. The predicted octanol–water partition coefficient (Wildman–Crippen LogP) is 4.06. The molecule has 0 amide bonds. The molecule has 2 aromatic rings. The summed E-state index contributed by atoms with van der Waals surface area (Å²) in [6.45, 7) is 4.62. The minimum atomic E-state index is -0.229. The van der Waals surface area contributed by atoms with Crippen LogP contribution in [0.5, 0.6) is 17.2 Å². The summed E-state index contributed by atoms with van der Waals surface area (Å²) < 4.78 is 5.59. The van der Waals surface area contributed by atoms with Gasteiger partial charge in [-0.3, -0.25) is 0 Å². The van der Waals surface area contributed by atoms with Crippen molar-refractivity contribution in [2.24, 2.45) is 0 Å². The van der Waals surface area contributed by atoms with E-state index in [9.17, 15) is 10.2 Å². The van der Waals surface area contributed by atoms with Crippen LogP contribution in [0, 0.1) is 0 Å². The van der Waals surface area contributed by atoms with Crippen molar-refractivity contribution in [3.63, 3.8) is 0 Å². The Kier molecular flexibility index (Phi) is 4.93. The first-order valence-electron chi connectivity index (χ1n) is 7.12. The Morgan fingerprint density at radius 2 is 1.76 bits per heavy atom. The fourth-order valence-corrected chi connectivity index (χ4v) is 2.20. The molecule has 1 atom stereocenters. The Morgan fingerprint density at radius 1 is 1.10 bits per heavy atom. The molecular weight excluding hydrogens is 266 g/mol. The lowest BCUT2D eigenvalue weighted by Gasteiger charge is -2.18. The highest BCUT2D eigenvalue weighted by atomic mass is 16.5. The average molecular weight is 287 g/mol. The minimum Gasteiger partial charge on any atom is -0.507 e. The molecule has 112 valence electrons. The molecule has 2 aromatic carbocycles. The molecular formula is C17H21NO3. The largest absolute Gasteiger partial charge is 0.507 e. The highest BCUT2D eigenvalue weighted by molar-refractivity contribution is 5.53. The van der Waals surface area contributed by atoms with Crippen LogP contribution in [0.15, 0.2) is 42.5 Å². The topological polar surface area (TPSA) is 61.7 Å².